The summed E-state index contributed by atoms with van der Waals surface area (Å²) in [5.41, 5.74) is 0. The molecule has 0 amide bonds. The monoisotopic (exact) mass is 254 g/mol. The van der Waals surface area contributed by atoms with Crippen molar-refractivity contribution in [2.45, 2.75) is 38.1 Å². The lowest BCUT2D eigenvalue weighted by Crippen LogP contribution is -2.42. The Morgan fingerprint density at radius 3 is 2.71 bits per heavy atom. The third-order valence-corrected chi connectivity index (χ3v) is 4.06. The molecular weight excluding hydrogens is 228 g/mol. The van der Waals surface area contributed by atoms with Crippen molar-refractivity contribution < 1.29 is 0 Å². The Morgan fingerprint density at radius 2 is 2.06 bits per heavy atom. The summed E-state index contributed by atoms with van der Waals surface area (Å²) in [6.07, 6.45) is 14.1. The number of hydrogen-bond donors (Lipinski definition) is 1. The highest BCUT2D eigenvalue weighted by Crippen LogP contribution is 2.10. The molecule has 1 aliphatic heterocycles. The summed E-state index contributed by atoms with van der Waals surface area (Å²) in [5.74, 6) is 4.04. The van der Waals surface area contributed by atoms with E-state index in [0.717, 1.165) is 25.7 Å². The third-order valence-electron chi connectivity index (χ3n) is 3.36. The van der Waals surface area contributed by atoms with Crippen LogP contribution in [0.5, 0.6) is 0 Å². The molecule has 1 aliphatic rings. The molecule has 1 heterocycles. The Morgan fingerprint density at radius 1 is 1.29 bits per heavy atom. The van der Waals surface area contributed by atoms with Crippen LogP contribution in [-0.4, -0.2) is 49.1 Å². The zero-order chi connectivity index (χ0) is 12.3. The third kappa shape index (κ3) is 6.98. The van der Waals surface area contributed by atoms with Crippen molar-refractivity contribution in [1.82, 2.24) is 10.2 Å². The fraction of sp³-hybridized carbons (Fsp3) is 0.857. The molecule has 0 aliphatic carbocycles. The van der Waals surface area contributed by atoms with Gasteiger partial charge < -0.3 is 5.32 Å². The van der Waals surface area contributed by atoms with Gasteiger partial charge in [-0.15, -0.1) is 6.42 Å². The zero-order valence-electron chi connectivity index (χ0n) is 11.1. The maximum Gasteiger partial charge on any atom is 0.0598 e. The Balaban J connectivity index is 1.94. The van der Waals surface area contributed by atoms with Gasteiger partial charge >= 0.3 is 0 Å². The van der Waals surface area contributed by atoms with Gasteiger partial charge in [0.1, 0.15) is 0 Å². The SMILES string of the molecule is C#CCN1CCC(NCCCCCSC)CC1. The highest BCUT2D eigenvalue weighted by atomic mass is 32.2. The first-order valence-electron chi connectivity index (χ1n) is 6.75. The van der Waals surface area contributed by atoms with Gasteiger partial charge in [-0.3, -0.25) is 4.90 Å². The number of rotatable bonds is 8. The van der Waals surface area contributed by atoms with E-state index in [1.165, 1.54) is 44.4 Å². The predicted molar refractivity (Wildman–Crippen MR) is 78.5 cm³/mol. The number of terminal acetylenes is 1. The quantitative estimate of drug-likeness (QED) is 0.528. The molecule has 0 radical (unpaired) electrons. The van der Waals surface area contributed by atoms with Crippen LogP contribution < -0.4 is 5.32 Å². The first-order valence-corrected chi connectivity index (χ1v) is 8.14. The zero-order valence-corrected chi connectivity index (χ0v) is 11.9. The molecule has 0 aromatic heterocycles. The molecule has 0 aromatic rings. The lowest BCUT2D eigenvalue weighted by Gasteiger charge is -2.31. The van der Waals surface area contributed by atoms with Gasteiger partial charge in [-0.05, 0) is 44.2 Å². The average molecular weight is 254 g/mol. The molecule has 17 heavy (non-hydrogen) atoms. The van der Waals surface area contributed by atoms with E-state index in [-0.39, 0.29) is 0 Å². The van der Waals surface area contributed by atoms with Gasteiger partial charge in [0.25, 0.3) is 0 Å². The van der Waals surface area contributed by atoms with Crippen molar-refractivity contribution in [3.63, 3.8) is 0 Å². The summed E-state index contributed by atoms with van der Waals surface area (Å²) < 4.78 is 0. The summed E-state index contributed by atoms with van der Waals surface area (Å²) in [4.78, 5) is 2.37. The summed E-state index contributed by atoms with van der Waals surface area (Å²) in [6.45, 7) is 4.33. The minimum Gasteiger partial charge on any atom is -0.314 e. The summed E-state index contributed by atoms with van der Waals surface area (Å²) in [7, 11) is 0. The summed E-state index contributed by atoms with van der Waals surface area (Å²) in [5, 5.41) is 3.68. The van der Waals surface area contributed by atoms with Crippen molar-refractivity contribution in [2.75, 3.05) is 38.2 Å². The maximum atomic E-state index is 5.32. The smallest absolute Gasteiger partial charge is 0.0598 e. The summed E-state index contributed by atoms with van der Waals surface area (Å²) in [6, 6.07) is 0.726. The largest absolute Gasteiger partial charge is 0.314 e. The van der Waals surface area contributed by atoms with Gasteiger partial charge in [0.15, 0.2) is 0 Å². The number of thioether (sulfide) groups is 1. The van der Waals surface area contributed by atoms with E-state index in [4.69, 9.17) is 6.42 Å². The van der Waals surface area contributed by atoms with Gasteiger partial charge in [-0.1, -0.05) is 12.3 Å². The molecule has 98 valence electrons. The molecule has 0 bridgehead atoms. The van der Waals surface area contributed by atoms with Crippen LogP contribution in [0.4, 0.5) is 0 Å². The Kier molecular flexibility index (Phi) is 8.60. The van der Waals surface area contributed by atoms with E-state index in [9.17, 15) is 0 Å². The highest BCUT2D eigenvalue weighted by Gasteiger charge is 2.17. The molecule has 0 saturated carbocycles. The summed E-state index contributed by atoms with van der Waals surface area (Å²) >= 11 is 1.95. The molecule has 2 nitrogen and oxygen atoms in total. The van der Waals surface area contributed by atoms with Gasteiger partial charge in [0.2, 0.25) is 0 Å². The number of unbranched alkanes of at least 4 members (excludes halogenated alkanes) is 2. The number of hydrogen-bond acceptors (Lipinski definition) is 3. The van der Waals surface area contributed by atoms with Crippen LogP contribution >= 0.6 is 11.8 Å². The van der Waals surface area contributed by atoms with Crippen molar-refractivity contribution in [1.29, 1.82) is 0 Å². The van der Waals surface area contributed by atoms with E-state index in [1.807, 2.05) is 11.8 Å². The van der Waals surface area contributed by atoms with Crippen molar-refractivity contribution in [3.8, 4) is 12.3 Å². The van der Waals surface area contributed by atoms with Gasteiger partial charge in [0.05, 0.1) is 6.54 Å². The molecule has 0 unspecified atom stereocenters. The molecule has 1 rings (SSSR count). The maximum absolute atomic E-state index is 5.32. The fourth-order valence-electron chi connectivity index (χ4n) is 2.28. The minimum absolute atomic E-state index is 0.726. The molecule has 1 saturated heterocycles. The topological polar surface area (TPSA) is 15.3 Å². The molecule has 0 aromatic carbocycles. The van der Waals surface area contributed by atoms with Crippen molar-refractivity contribution in [3.05, 3.63) is 0 Å². The second-order valence-corrected chi connectivity index (χ2v) is 5.75. The van der Waals surface area contributed by atoms with Crippen LogP contribution in [0.25, 0.3) is 0 Å². The second-order valence-electron chi connectivity index (χ2n) is 4.76. The fourth-order valence-corrected chi connectivity index (χ4v) is 2.77. The van der Waals surface area contributed by atoms with Crippen LogP contribution in [0.15, 0.2) is 0 Å². The van der Waals surface area contributed by atoms with Crippen LogP contribution in [0, 0.1) is 12.3 Å². The van der Waals surface area contributed by atoms with Gasteiger partial charge in [-0.2, -0.15) is 11.8 Å². The molecule has 3 heteroatoms. The van der Waals surface area contributed by atoms with Gasteiger partial charge in [-0.25, -0.2) is 0 Å². The highest BCUT2D eigenvalue weighted by molar-refractivity contribution is 7.98. The lowest BCUT2D eigenvalue weighted by atomic mass is 10.0. The first-order chi connectivity index (χ1) is 8.36. The number of nitrogens with one attached hydrogen (secondary N) is 1. The number of piperidine rings is 1. The normalized spacial score (nSPS) is 18.1. The van der Waals surface area contributed by atoms with Gasteiger partial charge in [0, 0.05) is 19.1 Å². The van der Waals surface area contributed by atoms with E-state index in [0.29, 0.717) is 0 Å². The van der Waals surface area contributed by atoms with E-state index >= 15 is 0 Å². The van der Waals surface area contributed by atoms with Crippen LogP contribution in [0.2, 0.25) is 0 Å². The first kappa shape index (κ1) is 14.9. The van der Waals surface area contributed by atoms with E-state index in [1.54, 1.807) is 0 Å². The standard InChI is InChI=1S/C14H26N2S/c1-3-10-16-11-7-14(8-12-16)15-9-5-4-6-13-17-2/h1,14-15H,4-13H2,2H3. The van der Waals surface area contributed by atoms with Crippen LogP contribution in [0.1, 0.15) is 32.1 Å². The average Bonchev–Trinajstić information content (AvgIpc) is 2.36. The van der Waals surface area contributed by atoms with Crippen molar-refractivity contribution >= 4 is 11.8 Å². The molecule has 0 spiro atoms. The van der Waals surface area contributed by atoms with Crippen LogP contribution in [-0.2, 0) is 0 Å². The molecule has 1 fully saturated rings. The molecule has 1 N–H and O–H groups in total. The Labute approximate surface area is 111 Å². The lowest BCUT2D eigenvalue weighted by molar-refractivity contribution is 0.218. The van der Waals surface area contributed by atoms with Crippen molar-refractivity contribution in [2.24, 2.45) is 0 Å². The predicted octanol–water partition coefficient (Wildman–Crippen LogP) is 2.21. The Hall–Kier alpha value is -0.170. The second kappa shape index (κ2) is 9.82. The Bertz CT molecular complexity index is 217. The minimum atomic E-state index is 0.726. The molecule has 0 atom stereocenters. The van der Waals surface area contributed by atoms with E-state index in [2.05, 4.69) is 22.4 Å². The van der Waals surface area contributed by atoms with Crippen LogP contribution in [0.3, 0.4) is 0 Å². The number of likely N-dealkylation sites (tertiary alicyclic amines) is 1. The molecular formula is C14H26N2S. The van der Waals surface area contributed by atoms with E-state index < -0.39 is 0 Å². The number of nitrogens with zero attached hydrogens (tertiary/aromatic N) is 1.